The van der Waals surface area contributed by atoms with Crippen molar-refractivity contribution in [1.82, 2.24) is 4.98 Å². The van der Waals surface area contributed by atoms with Crippen molar-refractivity contribution in [2.75, 3.05) is 0 Å². The van der Waals surface area contributed by atoms with Gasteiger partial charge in [-0.25, -0.2) is 4.98 Å². The van der Waals surface area contributed by atoms with Crippen molar-refractivity contribution in [3.05, 3.63) is 40.9 Å². The van der Waals surface area contributed by atoms with E-state index in [2.05, 4.69) is 17.3 Å². The van der Waals surface area contributed by atoms with Gasteiger partial charge in [-0.05, 0) is 18.2 Å². The third kappa shape index (κ3) is 1.71. The Labute approximate surface area is 90.9 Å². The lowest BCUT2D eigenvalue weighted by atomic mass is 10.1. The molecule has 0 aliphatic heterocycles. The molecule has 2 aromatic rings. The topological polar surface area (TPSA) is 60.5 Å². The fourth-order valence-electron chi connectivity index (χ4n) is 1.21. The van der Waals surface area contributed by atoms with Crippen molar-refractivity contribution < 1.29 is 0 Å². The maximum atomic E-state index is 8.91. The number of benzene rings is 1. The molecular formula is C11H4N3S. The van der Waals surface area contributed by atoms with Crippen LogP contribution in [0.4, 0.5) is 0 Å². The van der Waals surface area contributed by atoms with Crippen molar-refractivity contribution in [2.45, 2.75) is 0 Å². The van der Waals surface area contributed by atoms with Crippen LogP contribution in [0.3, 0.4) is 0 Å². The first kappa shape index (κ1) is 9.39. The first-order valence-corrected chi connectivity index (χ1v) is 4.99. The van der Waals surface area contributed by atoms with Gasteiger partial charge < -0.3 is 0 Å². The van der Waals surface area contributed by atoms with Gasteiger partial charge in [-0.1, -0.05) is 0 Å². The number of nitriles is 2. The fourth-order valence-corrected chi connectivity index (χ4v) is 1.82. The number of hydrogen-bond donors (Lipinski definition) is 0. The fraction of sp³-hybridized carbons (Fsp3) is 0. The van der Waals surface area contributed by atoms with Gasteiger partial charge in [0.25, 0.3) is 0 Å². The molecule has 0 unspecified atom stereocenters. The monoisotopic (exact) mass is 210 g/mol. The Kier molecular flexibility index (Phi) is 2.45. The average Bonchev–Trinajstić information content (AvgIpc) is 2.81. The van der Waals surface area contributed by atoms with Crippen LogP contribution in [0.5, 0.6) is 0 Å². The summed E-state index contributed by atoms with van der Waals surface area (Å²) in [5.74, 6) is 0. The zero-order valence-electron chi connectivity index (χ0n) is 7.56. The highest BCUT2D eigenvalue weighted by Gasteiger charge is 2.08. The van der Waals surface area contributed by atoms with Crippen molar-refractivity contribution in [3.8, 4) is 22.7 Å². The van der Waals surface area contributed by atoms with Crippen molar-refractivity contribution in [1.29, 1.82) is 10.5 Å². The summed E-state index contributed by atoms with van der Waals surface area (Å²) in [6, 6.07) is 9.05. The molecule has 0 amide bonds. The van der Waals surface area contributed by atoms with Gasteiger partial charge in [0.15, 0.2) is 0 Å². The molecule has 1 aromatic carbocycles. The molecule has 0 bridgehead atoms. The molecule has 3 nitrogen and oxygen atoms in total. The highest BCUT2D eigenvalue weighted by Crippen LogP contribution is 2.25. The molecule has 1 heterocycles. The normalized spacial score (nSPS) is 9.20. The molecular weight excluding hydrogens is 206 g/mol. The number of nitrogens with zero attached hydrogens (tertiary/aromatic N) is 3. The van der Waals surface area contributed by atoms with Gasteiger partial charge >= 0.3 is 0 Å². The van der Waals surface area contributed by atoms with Crippen LogP contribution in [0.15, 0.2) is 23.6 Å². The first-order chi connectivity index (χ1) is 7.35. The summed E-state index contributed by atoms with van der Waals surface area (Å²) in [6.07, 6.45) is 2.69. The van der Waals surface area contributed by atoms with E-state index in [9.17, 15) is 0 Å². The van der Waals surface area contributed by atoms with Crippen LogP contribution in [0.25, 0.3) is 10.6 Å². The maximum Gasteiger partial charge on any atom is 0.125 e. The minimum atomic E-state index is 0.525. The summed E-state index contributed by atoms with van der Waals surface area (Å²) >= 11 is 1.40. The van der Waals surface area contributed by atoms with Gasteiger partial charge in [-0.2, -0.15) is 10.5 Å². The highest BCUT2D eigenvalue weighted by atomic mass is 32.1. The maximum absolute atomic E-state index is 8.91. The lowest BCUT2D eigenvalue weighted by Crippen LogP contribution is -1.85. The predicted octanol–water partition coefficient (Wildman–Crippen LogP) is 2.35. The summed E-state index contributed by atoms with van der Waals surface area (Å²) in [6.45, 7) is 0. The summed E-state index contributed by atoms with van der Waals surface area (Å²) in [4.78, 5) is 4.00. The minimum Gasteiger partial charge on any atom is -0.234 e. The molecule has 0 aliphatic carbocycles. The quantitative estimate of drug-likeness (QED) is 0.725. The standard InChI is InChI=1S/C11H4N3S/c12-6-8-1-2-9(7-13)10(5-8)11-14-3-4-15-11/h1-2,4-5H. The van der Waals surface area contributed by atoms with E-state index >= 15 is 0 Å². The van der Waals surface area contributed by atoms with Crippen LogP contribution < -0.4 is 0 Å². The highest BCUT2D eigenvalue weighted by molar-refractivity contribution is 7.13. The Morgan fingerprint density at radius 3 is 2.73 bits per heavy atom. The summed E-state index contributed by atoms with van der Waals surface area (Å²) < 4.78 is 0. The van der Waals surface area contributed by atoms with Crippen LogP contribution in [-0.2, 0) is 0 Å². The molecule has 1 aromatic heterocycles. The predicted molar refractivity (Wildman–Crippen MR) is 55.8 cm³/mol. The molecule has 0 atom stereocenters. The minimum absolute atomic E-state index is 0.525. The zero-order valence-corrected chi connectivity index (χ0v) is 8.38. The Hall–Kier alpha value is -2.17. The second kappa shape index (κ2) is 3.91. The Balaban J connectivity index is 2.65. The van der Waals surface area contributed by atoms with E-state index in [1.807, 2.05) is 6.07 Å². The molecule has 0 saturated heterocycles. The van der Waals surface area contributed by atoms with E-state index < -0.39 is 0 Å². The third-order valence-corrected chi connectivity index (χ3v) is 2.65. The summed E-state index contributed by atoms with van der Waals surface area (Å²) in [5.41, 5.74) is 1.75. The number of aromatic nitrogens is 1. The largest absolute Gasteiger partial charge is 0.234 e. The van der Waals surface area contributed by atoms with Crippen LogP contribution >= 0.6 is 11.3 Å². The van der Waals surface area contributed by atoms with Gasteiger partial charge in [0, 0.05) is 10.9 Å². The van der Waals surface area contributed by atoms with E-state index in [4.69, 9.17) is 10.5 Å². The lowest BCUT2D eigenvalue weighted by Gasteiger charge is -1.99. The lowest BCUT2D eigenvalue weighted by molar-refractivity contribution is 1.38. The van der Waals surface area contributed by atoms with Gasteiger partial charge in [0.05, 0.1) is 23.3 Å². The van der Waals surface area contributed by atoms with Gasteiger partial charge in [0.1, 0.15) is 11.2 Å². The van der Waals surface area contributed by atoms with Gasteiger partial charge in [-0.3, -0.25) is 0 Å². The zero-order chi connectivity index (χ0) is 10.7. The van der Waals surface area contributed by atoms with E-state index in [0.717, 1.165) is 0 Å². The van der Waals surface area contributed by atoms with Crippen LogP contribution in [0, 0.1) is 28.9 Å². The smallest absolute Gasteiger partial charge is 0.125 e. The van der Waals surface area contributed by atoms with Crippen molar-refractivity contribution >= 4 is 11.3 Å². The van der Waals surface area contributed by atoms with Gasteiger partial charge in [0.2, 0.25) is 0 Å². The second-order valence-electron chi connectivity index (χ2n) is 2.77. The van der Waals surface area contributed by atoms with Crippen LogP contribution in [0.2, 0.25) is 0 Å². The van der Waals surface area contributed by atoms with Gasteiger partial charge in [-0.15, -0.1) is 11.3 Å². The molecule has 0 aliphatic rings. The first-order valence-electron chi connectivity index (χ1n) is 4.11. The number of hydrogen-bond acceptors (Lipinski definition) is 4. The van der Waals surface area contributed by atoms with Crippen molar-refractivity contribution in [3.63, 3.8) is 0 Å². The van der Waals surface area contributed by atoms with E-state index in [1.54, 1.807) is 23.6 Å². The Morgan fingerprint density at radius 1 is 1.27 bits per heavy atom. The van der Waals surface area contributed by atoms with Crippen LogP contribution in [0.1, 0.15) is 11.1 Å². The summed E-state index contributed by atoms with van der Waals surface area (Å²) in [7, 11) is 0. The Bertz CT molecular complexity index is 559. The molecule has 2 rings (SSSR count). The van der Waals surface area contributed by atoms with E-state index in [1.165, 1.54) is 11.3 Å². The second-order valence-corrected chi connectivity index (χ2v) is 3.62. The number of rotatable bonds is 1. The van der Waals surface area contributed by atoms with E-state index in [0.29, 0.717) is 21.7 Å². The average molecular weight is 210 g/mol. The third-order valence-electron chi connectivity index (χ3n) is 1.89. The molecule has 69 valence electrons. The molecule has 1 radical (unpaired) electrons. The molecule has 0 saturated carbocycles. The SMILES string of the molecule is N#Cc1ccc(C#N)c(-c2n[c]cs2)c1. The summed E-state index contributed by atoms with van der Waals surface area (Å²) in [5, 5.41) is 20.1. The molecule has 0 fully saturated rings. The van der Waals surface area contributed by atoms with E-state index in [-0.39, 0.29) is 0 Å². The van der Waals surface area contributed by atoms with Crippen LogP contribution in [-0.4, -0.2) is 4.98 Å². The Morgan fingerprint density at radius 2 is 2.13 bits per heavy atom. The molecule has 4 heteroatoms. The molecule has 0 spiro atoms. The number of thiazole rings is 1. The van der Waals surface area contributed by atoms with Crippen molar-refractivity contribution in [2.24, 2.45) is 0 Å². The molecule has 15 heavy (non-hydrogen) atoms. The molecule has 0 N–H and O–H groups in total.